The summed E-state index contributed by atoms with van der Waals surface area (Å²) in [5, 5.41) is 18.8. The van der Waals surface area contributed by atoms with Crippen LogP contribution < -0.4 is 16.0 Å². The fraction of sp³-hybridized carbons (Fsp3) is 0.364. The third-order valence-electron chi connectivity index (χ3n) is 5.04. The maximum absolute atomic E-state index is 14.0. The predicted octanol–water partition coefficient (Wildman–Crippen LogP) is 3.18. The lowest BCUT2D eigenvalue weighted by atomic mass is 10.0. The number of rotatable bonds is 8. The molecule has 1 aliphatic rings. The first kappa shape index (κ1) is 20.9. The number of amides is 1. The van der Waals surface area contributed by atoms with Gasteiger partial charge in [-0.2, -0.15) is 0 Å². The monoisotopic (exact) mass is 424 g/mol. The number of carbonyl (C=O) groups is 1. The van der Waals surface area contributed by atoms with Gasteiger partial charge in [0.1, 0.15) is 12.0 Å². The summed E-state index contributed by atoms with van der Waals surface area (Å²) in [6.07, 6.45) is 5.21. The zero-order chi connectivity index (χ0) is 22.0. The topological polar surface area (TPSA) is 112 Å². The summed E-state index contributed by atoms with van der Waals surface area (Å²) in [7, 11) is 0. The van der Waals surface area contributed by atoms with E-state index in [1.807, 2.05) is 18.2 Å². The van der Waals surface area contributed by atoms with Gasteiger partial charge in [-0.3, -0.25) is 14.8 Å². The SMILES string of the molecule is CC(C)(O)[C@H](F)CNC(=O)c1cnc(Nc2ccc3nccnc3c2)cc1NC1CC1. The summed E-state index contributed by atoms with van der Waals surface area (Å²) in [5.74, 6) is 0.109. The summed E-state index contributed by atoms with van der Waals surface area (Å²) in [4.78, 5) is 25.5. The fourth-order valence-electron chi connectivity index (χ4n) is 2.99. The molecule has 2 aromatic heterocycles. The van der Waals surface area contributed by atoms with E-state index in [-0.39, 0.29) is 6.54 Å². The Morgan fingerprint density at radius 1 is 1.19 bits per heavy atom. The molecule has 0 unspecified atom stereocenters. The van der Waals surface area contributed by atoms with Crippen molar-refractivity contribution in [3.05, 3.63) is 48.4 Å². The summed E-state index contributed by atoms with van der Waals surface area (Å²) < 4.78 is 14.0. The van der Waals surface area contributed by atoms with Crippen molar-refractivity contribution >= 4 is 34.1 Å². The van der Waals surface area contributed by atoms with E-state index in [4.69, 9.17) is 0 Å². The second kappa shape index (κ2) is 8.43. The van der Waals surface area contributed by atoms with E-state index < -0.39 is 17.7 Å². The lowest BCUT2D eigenvalue weighted by molar-refractivity contribution is -0.00177. The van der Waals surface area contributed by atoms with Crippen LogP contribution >= 0.6 is 0 Å². The molecule has 1 atom stereocenters. The Labute approximate surface area is 179 Å². The molecule has 162 valence electrons. The second-order valence-corrected chi connectivity index (χ2v) is 8.25. The van der Waals surface area contributed by atoms with E-state index >= 15 is 0 Å². The zero-order valence-corrected chi connectivity index (χ0v) is 17.4. The van der Waals surface area contributed by atoms with E-state index in [0.29, 0.717) is 23.1 Å². The van der Waals surface area contributed by atoms with Crippen LogP contribution in [0.15, 0.2) is 42.9 Å². The maximum atomic E-state index is 14.0. The molecule has 0 bridgehead atoms. The third kappa shape index (κ3) is 5.24. The number of anilines is 3. The lowest BCUT2D eigenvalue weighted by Crippen LogP contribution is -2.42. The van der Waals surface area contributed by atoms with Gasteiger partial charge in [0.15, 0.2) is 0 Å². The van der Waals surface area contributed by atoms with Crippen molar-refractivity contribution in [3.8, 4) is 0 Å². The number of hydrogen-bond acceptors (Lipinski definition) is 7. The Morgan fingerprint density at radius 2 is 1.94 bits per heavy atom. The largest absolute Gasteiger partial charge is 0.387 e. The van der Waals surface area contributed by atoms with Crippen LogP contribution in [-0.2, 0) is 0 Å². The Morgan fingerprint density at radius 3 is 2.65 bits per heavy atom. The number of alkyl halides is 1. The van der Waals surface area contributed by atoms with Crippen LogP contribution in [-0.4, -0.2) is 50.3 Å². The first-order valence-electron chi connectivity index (χ1n) is 10.2. The maximum Gasteiger partial charge on any atom is 0.255 e. The number of carbonyl (C=O) groups excluding carboxylic acids is 1. The van der Waals surface area contributed by atoms with Crippen LogP contribution in [0.4, 0.5) is 21.6 Å². The smallest absolute Gasteiger partial charge is 0.255 e. The summed E-state index contributed by atoms with van der Waals surface area (Å²) in [5.41, 5.74) is 1.76. The molecule has 8 nitrogen and oxygen atoms in total. The van der Waals surface area contributed by atoms with Gasteiger partial charge < -0.3 is 21.1 Å². The quantitative estimate of drug-likeness (QED) is 0.439. The van der Waals surface area contributed by atoms with Crippen LogP contribution in [0.25, 0.3) is 11.0 Å². The van der Waals surface area contributed by atoms with E-state index in [0.717, 1.165) is 29.6 Å². The van der Waals surface area contributed by atoms with Crippen LogP contribution in [0, 0.1) is 0 Å². The van der Waals surface area contributed by atoms with Crippen molar-refractivity contribution in [3.63, 3.8) is 0 Å². The molecule has 0 aliphatic heterocycles. The first-order valence-corrected chi connectivity index (χ1v) is 10.2. The normalized spacial score (nSPS) is 14.8. The molecule has 0 saturated heterocycles. The molecule has 1 saturated carbocycles. The van der Waals surface area contributed by atoms with Crippen molar-refractivity contribution in [1.82, 2.24) is 20.3 Å². The van der Waals surface area contributed by atoms with E-state index in [9.17, 15) is 14.3 Å². The van der Waals surface area contributed by atoms with Gasteiger partial charge >= 0.3 is 0 Å². The Hall–Kier alpha value is -3.33. The van der Waals surface area contributed by atoms with Crippen molar-refractivity contribution < 1.29 is 14.3 Å². The highest BCUT2D eigenvalue weighted by Gasteiger charge is 2.28. The molecule has 31 heavy (non-hydrogen) atoms. The Bertz CT molecular complexity index is 1100. The lowest BCUT2D eigenvalue weighted by Gasteiger charge is -2.22. The number of halogens is 1. The van der Waals surface area contributed by atoms with Gasteiger partial charge in [-0.15, -0.1) is 0 Å². The number of fused-ring (bicyclic) bond motifs is 1. The second-order valence-electron chi connectivity index (χ2n) is 8.25. The van der Waals surface area contributed by atoms with Crippen LogP contribution in [0.3, 0.4) is 0 Å². The van der Waals surface area contributed by atoms with Crippen LogP contribution in [0.2, 0.25) is 0 Å². The van der Waals surface area contributed by atoms with Crippen molar-refractivity contribution in [2.75, 3.05) is 17.2 Å². The van der Waals surface area contributed by atoms with E-state index in [1.165, 1.54) is 20.0 Å². The molecule has 0 radical (unpaired) electrons. The third-order valence-corrected chi connectivity index (χ3v) is 5.04. The zero-order valence-electron chi connectivity index (χ0n) is 17.4. The minimum absolute atomic E-state index is 0.288. The fourth-order valence-corrected chi connectivity index (χ4v) is 2.99. The number of nitrogens with one attached hydrogen (secondary N) is 3. The molecule has 0 spiro atoms. The average molecular weight is 424 g/mol. The highest BCUT2D eigenvalue weighted by Crippen LogP contribution is 2.29. The molecule has 1 aliphatic carbocycles. The van der Waals surface area contributed by atoms with Gasteiger partial charge in [-0.25, -0.2) is 9.37 Å². The standard InChI is InChI=1S/C22H25FN6O2/c1-22(2,31)19(23)12-27-21(30)15-11-26-20(10-17(15)28-13-3-4-13)29-14-5-6-16-18(9-14)25-8-7-24-16/h5-11,13,19,31H,3-4,12H2,1-2H3,(H,27,30)(H2,26,28,29)/t19-/m1/s1. The number of hydrogen-bond donors (Lipinski definition) is 4. The van der Waals surface area contributed by atoms with Gasteiger partial charge in [0, 0.05) is 36.4 Å². The summed E-state index contributed by atoms with van der Waals surface area (Å²) >= 11 is 0. The number of pyridine rings is 1. The number of aliphatic hydroxyl groups is 1. The Balaban J connectivity index is 1.52. The molecule has 1 amide bonds. The average Bonchev–Trinajstić information content (AvgIpc) is 3.55. The molecule has 9 heteroatoms. The molecule has 1 aromatic carbocycles. The van der Waals surface area contributed by atoms with E-state index in [2.05, 4.69) is 30.9 Å². The summed E-state index contributed by atoms with van der Waals surface area (Å²) in [6, 6.07) is 7.69. The number of benzene rings is 1. The molecule has 1 fully saturated rings. The molecule has 4 N–H and O–H groups in total. The van der Waals surface area contributed by atoms with Crippen LogP contribution in [0.5, 0.6) is 0 Å². The number of nitrogens with zero attached hydrogens (tertiary/aromatic N) is 3. The van der Waals surface area contributed by atoms with Crippen molar-refractivity contribution in [2.45, 2.75) is 44.5 Å². The molecule has 2 heterocycles. The van der Waals surface area contributed by atoms with Crippen molar-refractivity contribution in [2.24, 2.45) is 0 Å². The van der Waals surface area contributed by atoms with Gasteiger partial charge in [-0.1, -0.05) is 0 Å². The van der Waals surface area contributed by atoms with Gasteiger partial charge in [-0.05, 0) is 44.9 Å². The minimum atomic E-state index is -1.58. The Kier molecular flexibility index (Phi) is 5.69. The minimum Gasteiger partial charge on any atom is -0.387 e. The molecular weight excluding hydrogens is 399 g/mol. The van der Waals surface area contributed by atoms with E-state index in [1.54, 1.807) is 18.5 Å². The predicted molar refractivity (Wildman–Crippen MR) is 117 cm³/mol. The molecule has 3 aromatic rings. The molecular formula is C22H25FN6O2. The molecule has 4 rings (SSSR count). The van der Waals surface area contributed by atoms with Gasteiger partial charge in [0.25, 0.3) is 5.91 Å². The summed E-state index contributed by atoms with van der Waals surface area (Å²) in [6.45, 7) is 2.44. The first-order chi connectivity index (χ1) is 14.8. The number of aromatic nitrogens is 3. The van der Waals surface area contributed by atoms with Gasteiger partial charge in [0.2, 0.25) is 0 Å². The van der Waals surface area contributed by atoms with Crippen LogP contribution in [0.1, 0.15) is 37.0 Å². The highest BCUT2D eigenvalue weighted by atomic mass is 19.1. The highest BCUT2D eigenvalue weighted by molar-refractivity contribution is 6.00. The van der Waals surface area contributed by atoms with Gasteiger partial charge in [0.05, 0.1) is 34.4 Å². The van der Waals surface area contributed by atoms with Crippen molar-refractivity contribution in [1.29, 1.82) is 0 Å².